The second kappa shape index (κ2) is 10.7. The zero-order chi connectivity index (χ0) is 28.6. The lowest BCUT2D eigenvalue weighted by Gasteiger charge is -2.36. The fraction of sp³-hybridized carbons (Fsp3) is 0.367. The summed E-state index contributed by atoms with van der Waals surface area (Å²) < 4.78 is 81.1. The van der Waals surface area contributed by atoms with Crippen molar-refractivity contribution < 1.29 is 31.1 Å². The summed E-state index contributed by atoms with van der Waals surface area (Å²) >= 11 is 0. The number of hydrogen-bond donors (Lipinski definition) is 0. The molecule has 3 aromatic rings. The standard InChI is InChI=1S/C30H30F6N2O/c1-28(2,22-14-23(29(31,32)33)16-24(15-22)30(34,35)36)27(39)37(3)26-19-38(17-20-10-6-4-7-11-20)18-25(26)21-12-8-5-9-13-21/h4-16,25-26H,17-19H2,1-3H3/t25-,26+/m0/s1. The van der Waals surface area contributed by atoms with Crippen molar-refractivity contribution in [2.75, 3.05) is 20.1 Å². The highest BCUT2D eigenvalue weighted by Gasteiger charge is 2.44. The highest BCUT2D eigenvalue weighted by molar-refractivity contribution is 5.87. The Labute approximate surface area is 224 Å². The van der Waals surface area contributed by atoms with Crippen LogP contribution in [0.2, 0.25) is 0 Å². The lowest BCUT2D eigenvalue weighted by Crippen LogP contribution is -2.49. The Morgan fingerprint density at radius 3 is 1.79 bits per heavy atom. The molecule has 2 atom stereocenters. The van der Waals surface area contributed by atoms with E-state index in [4.69, 9.17) is 0 Å². The molecule has 1 amide bonds. The van der Waals surface area contributed by atoms with Gasteiger partial charge in [-0.25, -0.2) is 0 Å². The monoisotopic (exact) mass is 548 g/mol. The zero-order valence-electron chi connectivity index (χ0n) is 21.9. The van der Waals surface area contributed by atoms with Gasteiger partial charge in [0.15, 0.2) is 0 Å². The molecule has 0 bridgehead atoms. The average Bonchev–Trinajstić information content (AvgIpc) is 3.31. The lowest BCUT2D eigenvalue weighted by atomic mass is 9.80. The maximum absolute atomic E-state index is 13.9. The quantitative estimate of drug-likeness (QED) is 0.306. The number of carbonyl (C=O) groups is 1. The Morgan fingerprint density at radius 2 is 1.28 bits per heavy atom. The Balaban J connectivity index is 1.67. The molecule has 1 saturated heterocycles. The summed E-state index contributed by atoms with van der Waals surface area (Å²) in [7, 11) is 1.58. The fourth-order valence-corrected chi connectivity index (χ4v) is 5.29. The van der Waals surface area contributed by atoms with E-state index >= 15 is 0 Å². The molecule has 0 aromatic heterocycles. The minimum Gasteiger partial charge on any atom is -0.340 e. The van der Waals surface area contributed by atoms with E-state index in [0.717, 1.165) is 11.1 Å². The van der Waals surface area contributed by atoms with Gasteiger partial charge in [0.25, 0.3) is 0 Å². The van der Waals surface area contributed by atoms with E-state index in [2.05, 4.69) is 4.90 Å². The van der Waals surface area contributed by atoms with E-state index in [1.54, 1.807) is 7.05 Å². The van der Waals surface area contributed by atoms with Gasteiger partial charge in [-0.3, -0.25) is 9.69 Å². The van der Waals surface area contributed by atoms with Crippen LogP contribution in [0.4, 0.5) is 26.3 Å². The van der Waals surface area contributed by atoms with Crippen LogP contribution in [-0.4, -0.2) is 41.9 Å². The highest BCUT2D eigenvalue weighted by atomic mass is 19.4. The van der Waals surface area contributed by atoms with E-state index in [9.17, 15) is 31.1 Å². The van der Waals surface area contributed by atoms with Crippen molar-refractivity contribution in [3.05, 3.63) is 107 Å². The predicted molar refractivity (Wildman–Crippen MR) is 137 cm³/mol. The van der Waals surface area contributed by atoms with Crippen molar-refractivity contribution in [3.8, 4) is 0 Å². The van der Waals surface area contributed by atoms with Gasteiger partial charge in [0, 0.05) is 32.6 Å². The summed E-state index contributed by atoms with van der Waals surface area (Å²) in [5, 5.41) is 0. The normalized spacial score (nSPS) is 18.8. The highest BCUT2D eigenvalue weighted by Crippen LogP contribution is 2.40. The Morgan fingerprint density at radius 1 is 0.795 bits per heavy atom. The number of nitrogens with zero attached hydrogens (tertiary/aromatic N) is 2. The minimum absolute atomic E-state index is 0.0810. The first-order valence-electron chi connectivity index (χ1n) is 12.6. The van der Waals surface area contributed by atoms with Gasteiger partial charge in [-0.05, 0) is 48.7 Å². The molecule has 1 heterocycles. The van der Waals surface area contributed by atoms with Gasteiger partial charge < -0.3 is 4.90 Å². The van der Waals surface area contributed by atoms with E-state index in [1.807, 2.05) is 60.7 Å². The van der Waals surface area contributed by atoms with Crippen molar-refractivity contribution in [2.45, 2.75) is 50.1 Å². The van der Waals surface area contributed by atoms with Crippen LogP contribution >= 0.6 is 0 Å². The number of hydrogen-bond acceptors (Lipinski definition) is 2. The number of halogens is 6. The van der Waals surface area contributed by atoms with Crippen LogP contribution in [-0.2, 0) is 29.1 Å². The summed E-state index contributed by atoms with van der Waals surface area (Å²) in [5.41, 5.74) is -2.75. The second-order valence-electron chi connectivity index (χ2n) is 10.6. The SMILES string of the molecule is CN(C(=O)C(C)(C)c1cc(C(F)(F)F)cc(C(F)(F)F)c1)[C@@H]1CN(Cc2ccccc2)C[C@H]1c1ccccc1. The summed E-state index contributed by atoms with van der Waals surface area (Å²) in [6.07, 6.45) is -9.99. The first kappa shape index (κ1) is 28.7. The van der Waals surface area contributed by atoms with Crippen LogP contribution in [0, 0.1) is 0 Å². The summed E-state index contributed by atoms with van der Waals surface area (Å²) in [4.78, 5) is 17.6. The van der Waals surface area contributed by atoms with Crippen LogP contribution < -0.4 is 0 Å². The van der Waals surface area contributed by atoms with E-state index in [0.29, 0.717) is 31.8 Å². The summed E-state index contributed by atoms with van der Waals surface area (Å²) in [6.45, 7) is 4.53. The van der Waals surface area contributed by atoms with Crippen LogP contribution in [0.5, 0.6) is 0 Å². The molecule has 0 spiro atoms. The van der Waals surface area contributed by atoms with Gasteiger partial charge in [-0.1, -0.05) is 60.7 Å². The van der Waals surface area contributed by atoms with Crippen molar-refractivity contribution in [2.24, 2.45) is 0 Å². The Hall–Kier alpha value is -3.33. The zero-order valence-corrected chi connectivity index (χ0v) is 21.9. The number of rotatable bonds is 6. The average molecular weight is 549 g/mol. The van der Waals surface area contributed by atoms with Gasteiger partial charge in [0.2, 0.25) is 5.91 Å². The maximum atomic E-state index is 13.9. The third-order valence-electron chi connectivity index (χ3n) is 7.50. The topological polar surface area (TPSA) is 23.6 Å². The van der Waals surface area contributed by atoms with E-state index in [1.165, 1.54) is 18.7 Å². The molecular weight excluding hydrogens is 518 g/mol. The van der Waals surface area contributed by atoms with E-state index < -0.39 is 34.8 Å². The lowest BCUT2D eigenvalue weighted by molar-refractivity contribution is -0.144. The molecule has 0 N–H and O–H groups in total. The molecule has 9 heteroatoms. The number of amides is 1. The molecule has 208 valence electrons. The molecule has 0 aliphatic carbocycles. The van der Waals surface area contributed by atoms with Crippen LogP contribution in [0.1, 0.15) is 47.6 Å². The van der Waals surface area contributed by atoms with Gasteiger partial charge in [-0.15, -0.1) is 0 Å². The Kier molecular flexibility index (Phi) is 7.85. The molecule has 1 aliphatic rings. The molecule has 0 unspecified atom stereocenters. The molecule has 4 rings (SSSR count). The molecule has 0 saturated carbocycles. The van der Waals surface area contributed by atoms with Crippen LogP contribution in [0.3, 0.4) is 0 Å². The van der Waals surface area contributed by atoms with Crippen LogP contribution in [0.25, 0.3) is 0 Å². The van der Waals surface area contributed by atoms with Crippen molar-refractivity contribution >= 4 is 5.91 Å². The third kappa shape index (κ3) is 6.30. The van der Waals surface area contributed by atoms with Gasteiger partial charge in [0.1, 0.15) is 0 Å². The number of alkyl halides is 6. The molecule has 0 radical (unpaired) electrons. The third-order valence-corrected chi connectivity index (χ3v) is 7.50. The first-order valence-corrected chi connectivity index (χ1v) is 12.6. The minimum atomic E-state index is -5.00. The van der Waals surface area contributed by atoms with Crippen molar-refractivity contribution in [1.82, 2.24) is 9.80 Å². The first-order chi connectivity index (χ1) is 18.2. The molecule has 39 heavy (non-hydrogen) atoms. The van der Waals surface area contributed by atoms with Crippen LogP contribution in [0.15, 0.2) is 78.9 Å². The fourth-order valence-electron chi connectivity index (χ4n) is 5.29. The smallest absolute Gasteiger partial charge is 0.340 e. The maximum Gasteiger partial charge on any atom is 0.416 e. The molecule has 3 nitrogen and oxygen atoms in total. The molecule has 3 aromatic carbocycles. The van der Waals surface area contributed by atoms with Gasteiger partial charge in [-0.2, -0.15) is 26.3 Å². The summed E-state index contributed by atoms with van der Waals surface area (Å²) in [6, 6.07) is 20.5. The predicted octanol–water partition coefficient (Wildman–Crippen LogP) is 7.13. The number of likely N-dealkylation sites (N-methyl/N-ethyl adjacent to an activating group) is 1. The second-order valence-corrected chi connectivity index (χ2v) is 10.6. The Bertz CT molecular complexity index is 1260. The van der Waals surface area contributed by atoms with Gasteiger partial charge >= 0.3 is 12.4 Å². The molecular formula is C30H30F6N2O. The number of likely N-dealkylation sites (tertiary alicyclic amines) is 1. The summed E-state index contributed by atoms with van der Waals surface area (Å²) in [5.74, 6) is -0.644. The number of benzene rings is 3. The molecule has 1 aliphatic heterocycles. The molecule has 1 fully saturated rings. The largest absolute Gasteiger partial charge is 0.416 e. The van der Waals surface area contributed by atoms with Crippen molar-refractivity contribution in [1.29, 1.82) is 0 Å². The van der Waals surface area contributed by atoms with Gasteiger partial charge in [0.05, 0.1) is 22.6 Å². The van der Waals surface area contributed by atoms with E-state index in [-0.39, 0.29) is 23.6 Å². The van der Waals surface area contributed by atoms with Crippen molar-refractivity contribution in [3.63, 3.8) is 0 Å². The number of carbonyl (C=O) groups excluding carboxylic acids is 1.